The number of ether oxygens (including phenoxy) is 2. The summed E-state index contributed by atoms with van der Waals surface area (Å²) >= 11 is 1.38. The molecule has 0 amide bonds. The van der Waals surface area contributed by atoms with Crippen LogP contribution in [0.1, 0.15) is 28.4 Å². The lowest BCUT2D eigenvalue weighted by atomic mass is 10.1. The van der Waals surface area contributed by atoms with Gasteiger partial charge in [0, 0.05) is 12.4 Å². The molecule has 0 aliphatic carbocycles. The Bertz CT molecular complexity index is 763. The van der Waals surface area contributed by atoms with Gasteiger partial charge in [0.05, 0.1) is 13.7 Å². The van der Waals surface area contributed by atoms with E-state index in [-0.39, 0.29) is 12.2 Å². The molecule has 0 saturated carbocycles. The molecule has 1 aromatic heterocycles. The molecule has 0 saturated heterocycles. The SMILES string of the molecule is CCOC(=O)c1cnc(SC)nc1N=Cc1ccc(OC)c(C)c1. The minimum absolute atomic E-state index is 0.246. The number of benzene rings is 1. The summed E-state index contributed by atoms with van der Waals surface area (Å²) < 4.78 is 10.3. The van der Waals surface area contributed by atoms with Crippen LogP contribution in [0.4, 0.5) is 5.82 Å². The van der Waals surface area contributed by atoms with E-state index in [9.17, 15) is 4.79 Å². The summed E-state index contributed by atoms with van der Waals surface area (Å²) in [7, 11) is 1.63. The number of esters is 1. The number of thioether (sulfide) groups is 1. The topological polar surface area (TPSA) is 73.7 Å². The van der Waals surface area contributed by atoms with E-state index in [2.05, 4.69) is 15.0 Å². The average molecular weight is 345 g/mol. The molecule has 0 aliphatic heterocycles. The van der Waals surface area contributed by atoms with Crippen LogP contribution < -0.4 is 4.74 Å². The lowest BCUT2D eigenvalue weighted by molar-refractivity contribution is 0.0526. The summed E-state index contributed by atoms with van der Waals surface area (Å²) in [6.45, 7) is 3.98. The van der Waals surface area contributed by atoms with Gasteiger partial charge in [0.15, 0.2) is 11.0 Å². The number of methoxy groups -OCH3 is 1. The summed E-state index contributed by atoms with van der Waals surface area (Å²) in [5.74, 6) is 0.621. The Labute approximate surface area is 145 Å². The average Bonchev–Trinajstić information content (AvgIpc) is 2.60. The molecule has 1 heterocycles. The number of hydrogen-bond donors (Lipinski definition) is 0. The molecule has 24 heavy (non-hydrogen) atoms. The largest absolute Gasteiger partial charge is 0.496 e. The predicted molar refractivity (Wildman–Crippen MR) is 94.8 cm³/mol. The van der Waals surface area contributed by atoms with Gasteiger partial charge in [-0.15, -0.1) is 0 Å². The first kappa shape index (κ1) is 17.9. The zero-order valence-corrected chi connectivity index (χ0v) is 14.9. The number of carbonyl (C=O) groups excluding carboxylic acids is 1. The van der Waals surface area contributed by atoms with E-state index >= 15 is 0 Å². The van der Waals surface area contributed by atoms with E-state index in [1.807, 2.05) is 31.4 Å². The van der Waals surface area contributed by atoms with Crippen molar-refractivity contribution in [1.82, 2.24) is 9.97 Å². The van der Waals surface area contributed by atoms with Crippen LogP contribution in [-0.2, 0) is 4.74 Å². The van der Waals surface area contributed by atoms with E-state index in [1.54, 1.807) is 20.2 Å². The second-order valence-electron chi connectivity index (χ2n) is 4.80. The summed E-state index contributed by atoms with van der Waals surface area (Å²) in [5.41, 5.74) is 2.13. The molecule has 0 fully saturated rings. The van der Waals surface area contributed by atoms with Crippen LogP contribution in [0.3, 0.4) is 0 Å². The van der Waals surface area contributed by atoms with Gasteiger partial charge in [-0.25, -0.2) is 19.8 Å². The highest BCUT2D eigenvalue weighted by molar-refractivity contribution is 7.98. The number of aryl methyl sites for hydroxylation is 1. The molecule has 0 aliphatic rings. The van der Waals surface area contributed by atoms with Crippen LogP contribution in [0.5, 0.6) is 5.75 Å². The monoisotopic (exact) mass is 345 g/mol. The third-order valence-electron chi connectivity index (χ3n) is 3.18. The Morgan fingerprint density at radius 1 is 1.42 bits per heavy atom. The minimum Gasteiger partial charge on any atom is -0.496 e. The molecule has 2 aromatic rings. The number of nitrogens with zero attached hydrogens (tertiary/aromatic N) is 3. The lowest BCUT2D eigenvalue weighted by Gasteiger charge is -2.06. The van der Waals surface area contributed by atoms with Gasteiger partial charge in [-0.05, 0) is 49.4 Å². The van der Waals surface area contributed by atoms with Crippen molar-refractivity contribution < 1.29 is 14.3 Å². The maximum Gasteiger partial charge on any atom is 0.343 e. The summed E-state index contributed by atoms with van der Waals surface area (Å²) in [5, 5.41) is 0.543. The number of carbonyl (C=O) groups is 1. The first-order valence-corrected chi connectivity index (χ1v) is 8.58. The number of aliphatic imine (C=N–C) groups is 1. The van der Waals surface area contributed by atoms with Crippen molar-refractivity contribution >= 4 is 29.8 Å². The Balaban J connectivity index is 2.36. The van der Waals surface area contributed by atoms with E-state index in [0.717, 1.165) is 16.9 Å². The van der Waals surface area contributed by atoms with Crippen molar-refractivity contribution in [2.75, 3.05) is 20.0 Å². The van der Waals surface area contributed by atoms with E-state index in [4.69, 9.17) is 9.47 Å². The fourth-order valence-corrected chi connectivity index (χ4v) is 2.36. The molecule has 126 valence electrons. The molecule has 0 bridgehead atoms. The second-order valence-corrected chi connectivity index (χ2v) is 5.58. The Morgan fingerprint density at radius 2 is 2.21 bits per heavy atom. The van der Waals surface area contributed by atoms with Gasteiger partial charge < -0.3 is 9.47 Å². The number of aromatic nitrogens is 2. The van der Waals surface area contributed by atoms with Gasteiger partial charge in [0.25, 0.3) is 0 Å². The highest BCUT2D eigenvalue weighted by Crippen LogP contribution is 2.21. The Kier molecular flexibility index (Phi) is 6.31. The fraction of sp³-hybridized carbons (Fsp3) is 0.294. The number of rotatable bonds is 6. The van der Waals surface area contributed by atoms with E-state index < -0.39 is 5.97 Å². The van der Waals surface area contributed by atoms with Gasteiger partial charge in [-0.2, -0.15) is 0 Å². The zero-order valence-electron chi connectivity index (χ0n) is 14.1. The lowest BCUT2D eigenvalue weighted by Crippen LogP contribution is -2.07. The smallest absolute Gasteiger partial charge is 0.343 e. The van der Waals surface area contributed by atoms with Gasteiger partial charge in [0.1, 0.15) is 11.3 Å². The van der Waals surface area contributed by atoms with E-state index in [1.165, 1.54) is 18.0 Å². The molecular formula is C17H19N3O3S. The molecule has 0 unspecified atom stereocenters. The second kappa shape index (κ2) is 8.44. The molecule has 0 spiro atoms. The molecule has 0 atom stereocenters. The number of hydrogen-bond acceptors (Lipinski definition) is 7. The Morgan fingerprint density at radius 3 is 2.83 bits per heavy atom. The zero-order chi connectivity index (χ0) is 17.5. The molecular weight excluding hydrogens is 326 g/mol. The molecule has 1 aromatic carbocycles. The van der Waals surface area contributed by atoms with Crippen molar-refractivity contribution in [2.45, 2.75) is 19.0 Å². The third-order valence-corrected chi connectivity index (χ3v) is 3.74. The Hall–Kier alpha value is -2.41. The van der Waals surface area contributed by atoms with Crippen LogP contribution in [-0.4, -0.2) is 42.1 Å². The van der Waals surface area contributed by atoms with Crippen molar-refractivity contribution in [3.8, 4) is 5.75 Å². The fourth-order valence-electron chi connectivity index (χ4n) is 2.02. The molecule has 0 N–H and O–H groups in total. The first-order valence-electron chi connectivity index (χ1n) is 7.35. The summed E-state index contributed by atoms with van der Waals surface area (Å²) in [4.78, 5) is 24.8. The maximum atomic E-state index is 12.0. The standard InChI is InChI=1S/C17H19N3O3S/c1-5-23-16(21)13-10-19-17(24-4)20-15(13)18-9-12-6-7-14(22-3)11(2)8-12/h6-10H,5H2,1-4H3. The molecule has 0 radical (unpaired) electrons. The van der Waals surface area contributed by atoms with Gasteiger partial charge in [0.2, 0.25) is 0 Å². The molecule has 6 nitrogen and oxygen atoms in total. The maximum absolute atomic E-state index is 12.0. The highest BCUT2D eigenvalue weighted by Gasteiger charge is 2.15. The van der Waals surface area contributed by atoms with Crippen molar-refractivity contribution in [2.24, 2.45) is 4.99 Å². The van der Waals surface area contributed by atoms with Crippen LogP contribution in [0.15, 0.2) is 34.5 Å². The van der Waals surface area contributed by atoms with Gasteiger partial charge in [-0.3, -0.25) is 0 Å². The summed E-state index contributed by atoms with van der Waals surface area (Å²) in [6.07, 6.45) is 4.96. The molecule has 7 heteroatoms. The van der Waals surface area contributed by atoms with Crippen molar-refractivity contribution in [1.29, 1.82) is 0 Å². The third kappa shape index (κ3) is 4.32. The van der Waals surface area contributed by atoms with E-state index in [0.29, 0.717) is 11.0 Å². The van der Waals surface area contributed by atoms with Crippen LogP contribution in [0.25, 0.3) is 0 Å². The minimum atomic E-state index is -0.483. The van der Waals surface area contributed by atoms with Gasteiger partial charge in [-0.1, -0.05) is 11.8 Å². The van der Waals surface area contributed by atoms with Crippen molar-refractivity contribution in [3.63, 3.8) is 0 Å². The van der Waals surface area contributed by atoms with Crippen LogP contribution in [0.2, 0.25) is 0 Å². The molecule has 2 rings (SSSR count). The quantitative estimate of drug-likeness (QED) is 0.345. The van der Waals surface area contributed by atoms with Crippen molar-refractivity contribution in [3.05, 3.63) is 41.1 Å². The summed E-state index contributed by atoms with van der Waals surface area (Å²) in [6, 6.07) is 5.70. The predicted octanol–water partition coefficient (Wildman–Crippen LogP) is 3.44. The normalized spacial score (nSPS) is 10.8. The highest BCUT2D eigenvalue weighted by atomic mass is 32.2. The van der Waals surface area contributed by atoms with Crippen LogP contribution >= 0.6 is 11.8 Å². The van der Waals surface area contributed by atoms with Gasteiger partial charge >= 0.3 is 5.97 Å². The first-order chi connectivity index (χ1) is 11.6. The van der Waals surface area contributed by atoms with Crippen LogP contribution in [0, 0.1) is 6.92 Å².